The number of benzene rings is 1. The maximum absolute atomic E-state index is 13.4. The van der Waals surface area contributed by atoms with Gasteiger partial charge in [-0.3, -0.25) is 0 Å². The van der Waals surface area contributed by atoms with Crippen molar-refractivity contribution in [1.29, 1.82) is 0 Å². The molecule has 1 nitrogen and oxygen atoms in total. The van der Waals surface area contributed by atoms with Crippen molar-refractivity contribution in [1.82, 2.24) is 0 Å². The van der Waals surface area contributed by atoms with E-state index in [0.717, 1.165) is 25.1 Å². The van der Waals surface area contributed by atoms with Gasteiger partial charge >= 0.3 is 0 Å². The smallest absolute Gasteiger partial charge is 0.164 e. The van der Waals surface area contributed by atoms with E-state index in [1.165, 1.54) is 0 Å². The van der Waals surface area contributed by atoms with Gasteiger partial charge in [0.15, 0.2) is 5.82 Å². The largest absolute Gasteiger partial charge is 0.383 e. The molecule has 1 aromatic rings. The number of rotatable bonds is 6. The highest BCUT2D eigenvalue weighted by molar-refractivity contribution is 7.98. The first-order chi connectivity index (χ1) is 7.25. The molecule has 84 valence electrons. The summed E-state index contributed by atoms with van der Waals surface area (Å²) in [4.78, 5) is 0. The van der Waals surface area contributed by atoms with Crippen LogP contribution in [-0.2, 0) is 0 Å². The second kappa shape index (κ2) is 6.96. The van der Waals surface area contributed by atoms with Crippen LogP contribution in [0, 0.1) is 5.82 Å². The van der Waals surface area contributed by atoms with Gasteiger partial charge in [-0.2, -0.15) is 11.8 Å². The number of anilines is 1. The van der Waals surface area contributed by atoms with E-state index in [0.29, 0.717) is 5.69 Å². The van der Waals surface area contributed by atoms with Crippen molar-refractivity contribution in [2.75, 3.05) is 23.9 Å². The van der Waals surface area contributed by atoms with E-state index in [1.807, 2.05) is 11.8 Å². The third-order valence-corrected chi connectivity index (χ3v) is 3.03. The van der Waals surface area contributed by atoms with E-state index in [-0.39, 0.29) is 10.8 Å². The molecule has 0 spiro atoms. The molecule has 0 atom stereocenters. The van der Waals surface area contributed by atoms with Gasteiger partial charge in [-0.15, -0.1) is 0 Å². The first kappa shape index (κ1) is 12.7. The second-order valence-corrected chi connectivity index (χ2v) is 4.62. The minimum absolute atomic E-state index is 0.170. The molecule has 0 amide bonds. The normalized spacial score (nSPS) is 10.3. The topological polar surface area (TPSA) is 12.0 Å². The van der Waals surface area contributed by atoms with Gasteiger partial charge < -0.3 is 5.32 Å². The van der Waals surface area contributed by atoms with Crippen LogP contribution in [0.25, 0.3) is 0 Å². The van der Waals surface area contributed by atoms with Crippen molar-refractivity contribution in [2.24, 2.45) is 0 Å². The third kappa shape index (κ3) is 4.31. The van der Waals surface area contributed by atoms with E-state index in [1.54, 1.807) is 18.2 Å². The highest BCUT2D eigenvalue weighted by atomic mass is 35.5. The summed E-state index contributed by atoms with van der Waals surface area (Å²) in [5, 5.41) is 3.21. The Labute approximate surface area is 99.4 Å². The Morgan fingerprint density at radius 2 is 2.20 bits per heavy atom. The van der Waals surface area contributed by atoms with Gasteiger partial charge in [0.2, 0.25) is 0 Å². The molecule has 0 aliphatic carbocycles. The van der Waals surface area contributed by atoms with Crippen molar-refractivity contribution in [2.45, 2.75) is 12.8 Å². The molecule has 0 heterocycles. The lowest BCUT2D eigenvalue weighted by molar-refractivity contribution is 0.630. The molecule has 1 aromatic carbocycles. The first-order valence-corrected chi connectivity index (χ1v) is 6.69. The summed E-state index contributed by atoms with van der Waals surface area (Å²) in [5.41, 5.74) is 0.492. The number of unbranched alkanes of at least 4 members (excludes halogenated alkanes) is 1. The maximum atomic E-state index is 13.4. The average Bonchev–Trinajstić information content (AvgIpc) is 2.24. The van der Waals surface area contributed by atoms with Crippen LogP contribution in [0.2, 0.25) is 5.02 Å². The zero-order chi connectivity index (χ0) is 11.1. The highest BCUT2D eigenvalue weighted by Crippen LogP contribution is 2.21. The minimum atomic E-state index is -0.357. The predicted octanol–water partition coefficient (Wildman–Crippen LogP) is 4.03. The van der Waals surface area contributed by atoms with Crippen molar-refractivity contribution in [3.05, 3.63) is 29.0 Å². The standard InChI is InChI=1S/C11H15ClFNS/c1-15-8-3-2-7-14-10-6-4-5-9(12)11(10)13/h4-6,14H,2-3,7-8H2,1H3. The van der Waals surface area contributed by atoms with Gasteiger partial charge in [0, 0.05) is 6.54 Å². The van der Waals surface area contributed by atoms with Crippen LogP contribution in [0.15, 0.2) is 18.2 Å². The molecular weight excluding hydrogens is 233 g/mol. The number of thioether (sulfide) groups is 1. The van der Waals surface area contributed by atoms with E-state index in [4.69, 9.17) is 11.6 Å². The first-order valence-electron chi connectivity index (χ1n) is 4.92. The Bertz CT molecular complexity index is 307. The van der Waals surface area contributed by atoms with Crippen LogP contribution in [0.3, 0.4) is 0 Å². The molecule has 0 fully saturated rings. The lowest BCUT2D eigenvalue weighted by atomic mass is 10.3. The summed E-state index contributed by atoms with van der Waals surface area (Å²) in [6.45, 7) is 0.790. The van der Waals surface area contributed by atoms with Crippen LogP contribution < -0.4 is 5.32 Å². The number of nitrogens with one attached hydrogen (secondary N) is 1. The van der Waals surface area contributed by atoms with Gasteiger partial charge in [0.25, 0.3) is 0 Å². The summed E-state index contributed by atoms with van der Waals surface area (Å²) < 4.78 is 13.4. The molecule has 4 heteroatoms. The summed E-state index contributed by atoms with van der Waals surface area (Å²) in [5.74, 6) is 0.795. The van der Waals surface area contributed by atoms with Gasteiger partial charge in [-0.05, 0) is 37.0 Å². The molecule has 0 saturated heterocycles. The molecule has 0 aliphatic rings. The molecular formula is C11H15ClFNS. The zero-order valence-corrected chi connectivity index (χ0v) is 10.3. The van der Waals surface area contributed by atoms with Crippen molar-refractivity contribution >= 4 is 29.1 Å². The van der Waals surface area contributed by atoms with Crippen LogP contribution in [0.1, 0.15) is 12.8 Å². The van der Waals surface area contributed by atoms with E-state index in [2.05, 4.69) is 11.6 Å². The van der Waals surface area contributed by atoms with Gasteiger partial charge in [-0.1, -0.05) is 17.7 Å². The monoisotopic (exact) mass is 247 g/mol. The molecule has 0 radical (unpaired) electrons. The molecule has 0 unspecified atom stereocenters. The number of hydrogen-bond acceptors (Lipinski definition) is 2. The van der Waals surface area contributed by atoms with Crippen molar-refractivity contribution < 1.29 is 4.39 Å². The van der Waals surface area contributed by atoms with Crippen LogP contribution >= 0.6 is 23.4 Å². The Morgan fingerprint density at radius 1 is 1.40 bits per heavy atom. The summed E-state index contributed by atoms with van der Waals surface area (Å²) in [6.07, 6.45) is 4.28. The van der Waals surface area contributed by atoms with Gasteiger partial charge in [-0.25, -0.2) is 4.39 Å². The highest BCUT2D eigenvalue weighted by Gasteiger charge is 2.04. The molecule has 0 saturated carbocycles. The third-order valence-electron chi connectivity index (χ3n) is 2.04. The van der Waals surface area contributed by atoms with E-state index in [9.17, 15) is 4.39 Å². The lowest BCUT2D eigenvalue weighted by Gasteiger charge is -2.07. The van der Waals surface area contributed by atoms with E-state index >= 15 is 0 Å². The molecule has 1 N–H and O–H groups in total. The molecule has 0 aromatic heterocycles. The lowest BCUT2D eigenvalue weighted by Crippen LogP contribution is -2.03. The van der Waals surface area contributed by atoms with Crippen LogP contribution in [0.5, 0.6) is 0 Å². The van der Waals surface area contributed by atoms with Crippen LogP contribution in [0.4, 0.5) is 10.1 Å². The average molecular weight is 248 g/mol. The van der Waals surface area contributed by atoms with Gasteiger partial charge in [0.1, 0.15) is 0 Å². The summed E-state index contributed by atoms with van der Waals surface area (Å²) in [6, 6.07) is 5.00. The van der Waals surface area contributed by atoms with Crippen LogP contribution in [-0.4, -0.2) is 18.6 Å². The fraction of sp³-hybridized carbons (Fsp3) is 0.455. The Balaban J connectivity index is 2.34. The van der Waals surface area contributed by atoms with Crippen molar-refractivity contribution in [3.63, 3.8) is 0 Å². The van der Waals surface area contributed by atoms with Crippen molar-refractivity contribution in [3.8, 4) is 0 Å². The molecule has 0 bridgehead atoms. The summed E-state index contributed by atoms with van der Waals surface area (Å²) in [7, 11) is 0. The maximum Gasteiger partial charge on any atom is 0.164 e. The quantitative estimate of drug-likeness (QED) is 0.762. The Morgan fingerprint density at radius 3 is 2.93 bits per heavy atom. The fourth-order valence-electron chi connectivity index (χ4n) is 1.23. The number of hydrogen-bond donors (Lipinski definition) is 1. The Hall–Kier alpha value is -0.410. The summed E-state index contributed by atoms with van der Waals surface area (Å²) >= 11 is 7.49. The molecule has 0 aliphatic heterocycles. The predicted molar refractivity (Wildman–Crippen MR) is 67.5 cm³/mol. The fourth-order valence-corrected chi connectivity index (χ4v) is 1.90. The molecule has 1 rings (SSSR count). The molecule has 15 heavy (non-hydrogen) atoms. The second-order valence-electron chi connectivity index (χ2n) is 3.23. The zero-order valence-electron chi connectivity index (χ0n) is 8.72. The Kier molecular flexibility index (Phi) is 5.88. The SMILES string of the molecule is CSCCCCNc1cccc(Cl)c1F. The minimum Gasteiger partial charge on any atom is -0.383 e. The number of halogens is 2. The van der Waals surface area contributed by atoms with E-state index < -0.39 is 0 Å². The van der Waals surface area contributed by atoms with Gasteiger partial charge in [0.05, 0.1) is 10.7 Å².